The summed E-state index contributed by atoms with van der Waals surface area (Å²) < 4.78 is 9.81. The minimum atomic E-state index is -1.67. The SMILES string of the molecule is CC(C)(C#N)O[C@@H]1O[C@H](O)[C@@H](O)[C@H](O)[C@H]1O. The van der Waals surface area contributed by atoms with Crippen molar-refractivity contribution in [1.29, 1.82) is 5.26 Å². The molecule has 0 spiro atoms. The summed E-state index contributed by atoms with van der Waals surface area (Å²) in [4.78, 5) is 0. The zero-order valence-electron chi connectivity index (χ0n) is 8.94. The first-order valence-corrected chi connectivity index (χ1v) is 4.75. The molecule has 0 saturated carbocycles. The fourth-order valence-electron chi connectivity index (χ4n) is 1.24. The largest absolute Gasteiger partial charge is 0.387 e. The van der Waals surface area contributed by atoms with Crippen molar-refractivity contribution >= 4 is 0 Å². The quantitative estimate of drug-likeness (QED) is 0.437. The second kappa shape index (κ2) is 4.63. The molecule has 5 atom stereocenters. The lowest BCUT2D eigenvalue weighted by atomic mass is 10.0. The minimum absolute atomic E-state index is 1.24. The van der Waals surface area contributed by atoms with Crippen LogP contribution in [0.1, 0.15) is 13.8 Å². The summed E-state index contributed by atoms with van der Waals surface area (Å²) in [6, 6.07) is 1.81. The number of nitriles is 1. The van der Waals surface area contributed by atoms with Crippen LogP contribution in [0.4, 0.5) is 0 Å². The Hall–Kier alpha value is -0.750. The summed E-state index contributed by atoms with van der Waals surface area (Å²) >= 11 is 0. The molecule has 1 rings (SSSR count). The Balaban J connectivity index is 2.72. The number of ether oxygens (including phenoxy) is 2. The zero-order chi connectivity index (χ0) is 12.5. The second-order valence-corrected chi connectivity index (χ2v) is 4.11. The third-order valence-electron chi connectivity index (χ3n) is 2.22. The van der Waals surface area contributed by atoms with Gasteiger partial charge in [-0.1, -0.05) is 0 Å². The Kier molecular flexibility index (Phi) is 3.85. The average Bonchev–Trinajstić information content (AvgIpc) is 2.22. The van der Waals surface area contributed by atoms with Gasteiger partial charge in [0.05, 0.1) is 6.07 Å². The Labute approximate surface area is 92.4 Å². The van der Waals surface area contributed by atoms with E-state index in [2.05, 4.69) is 0 Å². The summed E-state index contributed by atoms with van der Waals surface area (Å²) in [6.07, 6.45) is -7.78. The minimum Gasteiger partial charge on any atom is -0.387 e. The van der Waals surface area contributed by atoms with Gasteiger partial charge in [0.1, 0.15) is 18.3 Å². The van der Waals surface area contributed by atoms with Crippen molar-refractivity contribution in [2.75, 3.05) is 0 Å². The maximum Gasteiger partial charge on any atom is 0.191 e. The topological polar surface area (TPSA) is 123 Å². The van der Waals surface area contributed by atoms with Crippen molar-refractivity contribution < 1.29 is 29.9 Å². The summed E-state index contributed by atoms with van der Waals surface area (Å²) in [6.45, 7) is 2.87. The third kappa shape index (κ3) is 2.68. The molecule has 1 heterocycles. The molecule has 0 bridgehead atoms. The van der Waals surface area contributed by atoms with E-state index in [4.69, 9.17) is 14.7 Å². The van der Waals surface area contributed by atoms with Crippen LogP contribution in [0.15, 0.2) is 0 Å². The first-order valence-electron chi connectivity index (χ1n) is 4.75. The smallest absolute Gasteiger partial charge is 0.191 e. The molecule has 1 fully saturated rings. The van der Waals surface area contributed by atoms with Crippen molar-refractivity contribution in [3.05, 3.63) is 0 Å². The zero-order valence-corrected chi connectivity index (χ0v) is 8.94. The molecule has 0 unspecified atom stereocenters. The maximum absolute atomic E-state index is 9.50. The number of nitrogens with zero attached hydrogens (tertiary/aromatic N) is 1. The second-order valence-electron chi connectivity index (χ2n) is 4.11. The molecule has 1 aliphatic rings. The van der Waals surface area contributed by atoms with Crippen LogP contribution in [0.2, 0.25) is 0 Å². The first kappa shape index (κ1) is 13.3. The number of aliphatic hydroxyl groups excluding tert-OH is 4. The molecular weight excluding hydrogens is 218 g/mol. The lowest BCUT2D eigenvalue weighted by Gasteiger charge is -2.39. The van der Waals surface area contributed by atoms with E-state index in [1.807, 2.05) is 6.07 Å². The highest BCUT2D eigenvalue weighted by molar-refractivity contribution is 4.96. The molecule has 92 valence electrons. The number of aliphatic hydroxyl groups is 4. The van der Waals surface area contributed by atoms with Gasteiger partial charge in [0, 0.05) is 0 Å². The Morgan fingerprint density at radius 2 is 1.69 bits per heavy atom. The summed E-state index contributed by atoms with van der Waals surface area (Å²) in [5.41, 5.74) is -1.24. The van der Waals surface area contributed by atoms with Crippen molar-refractivity contribution in [2.45, 2.75) is 50.3 Å². The first-order chi connectivity index (χ1) is 7.28. The maximum atomic E-state index is 9.50. The Bertz CT molecular complexity index is 288. The monoisotopic (exact) mass is 233 g/mol. The van der Waals surface area contributed by atoms with Gasteiger partial charge in [-0.25, -0.2) is 0 Å². The molecule has 0 aromatic rings. The van der Waals surface area contributed by atoms with E-state index in [-0.39, 0.29) is 0 Å². The predicted molar refractivity (Wildman–Crippen MR) is 49.7 cm³/mol. The van der Waals surface area contributed by atoms with E-state index in [0.717, 1.165) is 0 Å². The number of rotatable bonds is 2. The molecular formula is C9H15NO6. The fraction of sp³-hybridized carbons (Fsp3) is 0.889. The van der Waals surface area contributed by atoms with E-state index in [9.17, 15) is 20.4 Å². The number of hydrogen-bond donors (Lipinski definition) is 4. The van der Waals surface area contributed by atoms with Gasteiger partial charge in [-0.05, 0) is 13.8 Å². The Morgan fingerprint density at radius 3 is 2.19 bits per heavy atom. The van der Waals surface area contributed by atoms with E-state index >= 15 is 0 Å². The van der Waals surface area contributed by atoms with Crippen molar-refractivity contribution in [3.8, 4) is 6.07 Å². The molecule has 0 aromatic heterocycles. The van der Waals surface area contributed by atoms with Gasteiger partial charge in [0.25, 0.3) is 0 Å². The lowest BCUT2D eigenvalue weighted by Crippen LogP contribution is -2.59. The van der Waals surface area contributed by atoms with Crippen LogP contribution in [0.3, 0.4) is 0 Å². The van der Waals surface area contributed by atoms with Crippen LogP contribution >= 0.6 is 0 Å². The van der Waals surface area contributed by atoms with Crippen LogP contribution < -0.4 is 0 Å². The van der Waals surface area contributed by atoms with Gasteiger partial charge < -0.3 is 29.9 Å². The summed E-state index contributed by atoms with van der Waals surface area (Å²) in [5.74, 6) is 0. The molecule has 4 N–H and O–H groups in total. The highest BCUT2D eigenvalue weighted by Gasteiger charge is 2.45. The molecule has 0 amide bonds. The van der Waals surface area contributed by atoms with Gasteiger partial charge in [-0.3, -0.25) is 0 Å². The van der Waals surface area contributed by atoms with Gasteiger partial charge in [0.2, 0.25) is 0 Å². The van der Waals surface area contributed by atoms with E-state index in [1.54, 1.807) is 0 Å². The van der Waals surface area contributed by atoms with Gasteiger partial charge in [-0.2, -0.15) is 5.26 Å². The fourth-order valence-corrected chi connectivity index (χ4v) is 1.24. The molecule has 1 aliphatic heterocycles. The van der Waals surface area contributed by atoms with Crippen LogP contribution in [0.5, 0.6) is 0 Å². The van der Waals surface area contributed by atoms with E-state index < -0.39 is 36.5 Å². The Morgan fingerprint density at radius 1 is 1.12 bits per heavy atom. The molecule has 7 heteroatoms. The standard InChI is InChI=1S/C9H15NO6/c1-9(2,3-10)16-8-6(13)4(11)5(12)7(14)15-8/h4-8,11-14H,1-2H3/t4-,5-,6+,7-,8-/m0/s1. The van der Waals surface area contributed by atoms with Crippen LogP contribution in [0.25, 0.3) is 0 Å². The summed E-state index contributed by atoms with van der Waals surface area (Å²) in [7, 11) is 0. The molecule has 0 aromatic carbocycles. The van der Waals surface area contributed by atoms with Crippen molar-refractivity contribution in [1.82, 2.24) is 0 Å². The van der Waals surface area contributed by atoms with Gasteiger partial charge in [0.15, 0.2) is 18.2 Å². The van der Waals surface area contributed by atoms with Crippen LogP contribution in [-0.2, 0) is 9.47 Å². The predicted octanol–water partition coefficient (Wildman–Crippen LogP) is -1.94. The van der Waals surface area contributed by atoms with Gasteiger partial charge >= 0.3 is 0 Å². The highest BCUT2D eigenvalue weighted by atomic mass is 16.8. The summed E-state index contributed by atoms with van der Waals surface area (Å²) in [5, 5.41) is 45.9. The highest BCUT2D eigenvalue weighted by Crippen LogP contribution is 2.24. The van der Waals surface area contributed by atoms with E-state index in [0.29, 0.717) is 0 Å². The molecule has 7 nitrogen and oxygen atoms in total. The van der Waals surface area contributed by atoms with E-state index in [1.165, 1.54) is 13.8 Å². The van der Waals surface area contributed by atoms with Crippen LogP contribution in [0, 0.1) is 11.3 Å². The molecule has 1 saturated heterocycles. The van der Waals surface area contributed by atoms with Crippen molar-refractivity contribution in [3.63, 3.8) is 0 Å². The average molecular weight is 233 g/mol. The number of hydrogen-bond acceptors (Lipinski definition) is 7. The molecule has 16 heavy (non-hydrogen) atoms. The molecule has 0 radical (unpaired) electrons. The molecule has 0 aliphatic carbocycles. The lowest BCUT2D eigenvalue weighted by molar-refractivity contribution is -0.351. The normalized spacial score (nSPS) is 40.4. The van der Waals surface area contributed by atoms with Gasteiger partial charge in [-0.15, -0.1) is 0 Å². The van der Waals surface area contributed by atoms with Crippen molar-refractivity contribution in [2.24, 2.45) is 0 Å². The third-order valence-corrected chi connectivity index (χ3v) is 2.22. The van der Waals surface area contributed by atoms with Crippen LogP contribution in [-0.4, -0.2) is 56.9 Å².